The molecule has 0 saturated carbocycles. The third kappa shape index (κ3) is 3.25. The summed E-state index contributed by atoms with van der Waals surface area (Å²) in [5, 5.41) is 8.17. The number of rotatable bonds is 4. The van der Waals surface area contributed by atoms with Crippen LogP contribution in [0.15, 0.2) is 53.6 Å². The lowest BCUT2D eigenvalue weighted by atomic mass is 10.1. The van der Waals surface area contributed by atoms with Crippen LogP contribution in [0.4, 0.5) is 0 Å². The lowest BCUT2D eigenvalue weighted by Gasteiger charge is -2.14. The van der Waals surface area contributed by atoms with E-state index in [2.05, 4.69) is 40.1 Å². The normalized spacial score (nSPS) is 13.0. The highest BCUT2D eigenvalue weighted by Gasteiger charge is 2.24. The molecule has 2 N–H and O–H groups in total. The molecule has 1 atom stereocenters. The van der Waals surface area contributed by atoms with Crippen molar-refractivity contribution in [1.82, 2.24) is 10.7 Å². The fourth-order valence-corrected chi connectivity index (χ4v) is 3.02. The van der Waals surface area contributed by atoms with Crippen LogP contribution in [0.2, 0.25) is 0 Å². The average molecular weight is 325 g/mol. The Labute approximate surface area is 141 Å². The molecule has 5 heteroatoms. The molecule has 23 heavy (non-hydrogen) atoms. The maximum atomic E-state index is 5.29. The van der Waals surface area contributed by atoms with E-state index in [4.69, 9.17) is 17.0 Å². The molecule has 0 heterocycles. The Bertz CT molecular complexity index is 710. The summed E-state index contributed by atoms with van der Waals surface area (Å²) in [6, 6.07) is 16.7. The lowest BCUT2D eigenvalue weighted by Crippen LogP contribution is -2.40. The fraction of sp³-hybridized carbons (Fsp3) is 0.222. The van der Waals surface area contributed by atoms with Crippen molar-refractivity contribution in [2.45, 2.75) is 13.0 Å². The molecule has 0 aromatic heterocycles. The van der Waals surface area contributed by atoms with Crippen LogP contribution in [-0.4, -0.2) is 30.6 Å². The van der Waals surface area contributed by atoms with Gasteiger partial charge in [-0.2, -0.15) is 5.10 Å². The van der Waals surface area contributed by atoms with Gasteiger partial charge in [-0.1, -0.05) is 48.5 Å². The standard InChI is InChI=1S/C18H19N3OS/c1-12(11-22-2)19-18(23)21-20-17-15-9-5-3-7-13(15)14-8-4-6-10-16(14)17/h3-10,12H,11H2,1-2H3,(H2,19,21,23)/t12-/m1/s1. The highest BCUT2D eigenvalue weighted by molar-refractivity contribution is 7.80. The summed E-state index contributed by atoms with van der Waals surface area (Å²) in [4.78, 5) is 0. The number of hydrogen-bond donors (Lipinski definition) is 2. The Morgan fingerprint density at radius 1 is 1.04 bits per heavy atom. The van der Waals surface area contributed by atoms with Crippen molar-refractivity contribution in [3.8, 4) is 11.1 Å². The Hall–Kier alpha value is -2.24. The van der Waals surface area contributed by atoms with Gasteiger partial charge < -0.3 is 10.1 Å². The van der Waals surface area contributed by atoms with Crippen LogP contribution in [-0.2, 0) is 4.74 Å². The van der Waals surface area contributed by atoms with E-state index in [1.807, 2.05) is 31.2 Å². The van der Waals surface area contributed by atoms with E-state index < -0.39 is 0 Å². The van der Waals surface area contributed by atoms with E-state index in [0.29, 0.717) is 11.7 Å². The van der Waals surface area contributed by atoms with Crippen molar-refractivity contribution >= 4 is 23.0 Å². The van der Waals surface area contributed by atoms with Gasteiger partial charge in [0, 0.05) is 24.3 Å². The number of hydrazone groups is 1. The first kappa shape index (κ1) is 15.6. The van der Waals surface area contributed by atoms with Crippen molar-refractivity contribution in [1.29, 1.82) is 0 Å². The minimum absolute atomic E-state index is 0.128. The van der Waals surface area contributed by atoms with E-state index >= 15 is 0 Å². The predicted octanol–water partition coefficient (Wildman–Crippen LogP) is 2.92. The number of nitrogens with one attached hydrogen (secondary N) is 2. The first-order valence-electron chi connectivity index (χ1n) is 7.53. The molecule has 1 aliphatic carbocycles. The monoisotopic (exact) mass is 325 g/mol. The van der Waals surface area contributed by atoms with E-state index in [-0.39, 0.29) is 6.04 Å². The van der Waals surface area contributed by atoms with Crippen molar-refractivity contribution in [2.75, 3.05) is 13.7 Å². The zero-order chi connectivity index (χ0) is 16.2. The molecule has 0 bridgehead atoms. The van der Waals surface area contributed by atoms with Crippen molar-refractivity contribution in [3.63, 3.8) is 0 Å². The van der Waals surface area contributed by atoms with E-state index in [9.17, 15) is 0 Å². The summed E-state index contributed by atoms with van der Waals surface area (Å²) in [5.74, 6) is 0. The molecule has 2 aromatic rings. The summed E-state index contributed by atoms with van der Waals surface area (Å²) in [6.07, 6.45) is 0. The summed E-state index contributed by atoms with van der Waals surface area (Å²) >= 11 is 5.29. The molecular formula is C18H19N3OS. The Kier molecular flexibility index (Phi) is 4.69. The molecular weight excluding hydrogens is 306 g/mol. The highest BCUT2D eigenvalue weighted by Crippen LogP contribution is 2.36. The first-order valence-corrected chi connectivity index (χ1v) is 7.94. The number of hydrogen-bond acceptors (Lipinski definition) is 3. The van der Waals surface area contributed by atoms with Crippen LogP contribution < -0.4 is 10.7 Å². The maximum Gasteiger partial charge on any atom is 0.187 e. The second-order valence-electron chi connectivity index (χ2n) is 5.49. The second kappa shape index (κ2) is 6.89. The molecule has 0 aliphatic heterocycles. The average Bonchev–Trinajstić information content (AvgIpc) is 2.87. The van der Waals surface area contributed by atoms with Gasteiger partial charge in [-0.05, 0) is 30.3 Å². The lowest BCUT2D eigenvalue weighted by molar-refractivity contribution is 0.179. The smallest absolute Gasteiger partial charge is 0.187 e. The number of methoxy groups -OCH3 is 1. The van der Waals surface area contributed by atoms with Gasteiger partial charge in [0.25, 0.3) is 0 Å². The molecule has 0 saturated heterocycles. The van der Waals surface area contributed by atoms with Crippen LogP contribution in [0, 0.1) is 0 Å². The molecule has 0 spiro atoms. The molecule has 0 fully saturated rings. The minimum atomic E-state index is 0.128. The molecule has 2 aromatic carbocycles. The van der Waals surface area contributed by atoms with Gasteiger partial charge in [0.1, 0.15) is 0 Å². The summed E-state index contributed by atoms with van der Waals surface area (Å²) in [6.45, 7) is 2.59. The molecule has 1 aliphatic rings. The van der Waals surface area contributed by atoms with Crippen molar-refractivity contribution in [2.24, 2.45) is 5.10 Å². The molecule has 0 radical (unpaired) electrons. The van der Waals surface area contributed by atoms with Gasteiger partial charge in [-0.15, -0.1) is 0 Å². The third-order valence-corrected chi connectivity index (χ3v) is 3.93. The maximum absolute atomic E-state index is 5.29. The van der Waals surface area contributed by atoms with Gasteiger partial charge in [0.05, 0.1) is 12.3 Å². The summed E-state index contributed by atoms with van der Waals surface area (Å²) < 4.78 is 5.09. The van der Waals surface area contributed by atoms with Crippen LogP contribution in [0.25, 0.3) is 11.1 Å². The SMILES string of the molecule is COC[C@@H](C)NC(=S)NN=C1c2ccccc2-c2ccccc21. The molecule has 0 unspecified atom stereocenters. The van der Waals surface area contributed by atoms with E-state index in [1.54, 1.807) is 7.11 Å². The van der Waals surface area contributed by atoms with Gasteiger partial charge >= 0.3 is 0 Å². The number of thiocarbonyl (C=S) groups is 1. The quantitative estimate of drug-likeness (QED) is 0.572. The Balaban J connectivity index is 1.84. The van der Waals surface area contributed by atoms with E-state index in [0.717, 1.165) is 16.8 Å². The van der Waals surface area contributed by atoms with Crippen molar-refractivity contribution in [3.05, 3.63) is 59.7 Å². The Morgan fingerprint density at radius 3 is 2.09 bits per heavy atom. The second-order valence-corrected chi connectivity index (χ2v) is 5.90. The third-order valence-electron chi connectivity index (χ3n) is 3.72. The van der Waals surface area contributed by atoms with Crippen LogP contribution in [0.5, 0.6) is 0 Å². The first-order chi connectivity index (χ1) is 11.2. The fourth-order valence-electron chi connectivity index (χ4n) is 2.77. The Morgan fingerprint density at radius 2 is 1.57 bits per heavy atom. The zero-order valence-electron chi connectivity index (χ0n) is 13.2. The topological polar surface area (TPSA) is 45.6 Å². The number of fused-ring (bicyclic) bond motifs is 3. The molecule has 4 nitrogen and oxygen atoms in total. The minimum Gasteiger partial charge on any atom is -0.383 e. The van der Waals surface area contributed by atoms with Crippen LogP contribution >= 0.6 is 12.2 Å². The van der Waals surface area contributed by atoms with Crippen LogP contribution in [0.3, 0.4) is 0 Å². The van der Waals surface area contributed by atoms with Gasteiger partial charge in [-0.3, -0.25) is 5.43 Å². The predicted molar refractivity (Wildman–Crippen MR) is 97.7 cm³/mol. The zero-order valence-corrected chi connectivity index (χ0v) is 14.0. The number of ether oxygens (including phenoxy) is 1. The van der Waals surface area contributed by atoms with Crippen molar-refractivity contribution < 1.29 is 4.74 Å². The van der Waals surface area contributed by atoms with Crippen LogP contribution in [0.1, 0.15) is 18.1 Å². The largest absolute Gasteiger partial charge is 0.383 e. The number of benzene rings is 2. The summed E-state index contributed by atoms with van der Waals surface area (Å²) in [5.41, 5.74) is 8.51. The molecule has 0 amide bonds. The number of nitrogens with zero attached hydrogens (tertiary/aromatic N) is 1. The van der Waals surface area contributed by atoms with Gasteiger partial charge in [0.2, 0.25) is 0 Å². The van der Waals surface area contributed by atoms with Gasteiger partial charge in [-0.25, -0.2) is 0 Å². The highest BCUT2D eigenvalue weighted by atomic mass is 32.1. The van der Waals surface area contributed by atoms with Gasteiger partial charge in [0.15, 0.2) is 5.11 Å². The molecule has 3 rings (SSSR count). The summed E-state index contributed by atoms with van der Waals surface area (Å²) in [7, 11) is 1.67. The van der Waals surface area contributed by atoms with E-state index in [1.165, 1.54) is 11.1 Å². The molecule has 118 valence electrons.